The maximum Gasteiger partial charge on any atom is 0.254 e. The predicted molar refractivity (Wildman–Crippen MR) is 132 cm³/mol. The van der Waals surface area contributed by atoms with Crippen LogP contribution in [0.3, 0.4) is 0 Å². The molecule has 0 atom stereocenters. The highest BCUT2D eigenvalue weighted by Crippen LogP contribution is 2.27. The van der Waals surface area contributed by atoms with Crippen LogP contribution >= 0.6 is 0 Å². The SMILES string of the molecule is COCCN(CC(=O)Nc1cc(C(C)(C)C)nn1-c1ccc(OC)cc1)C(=O)c1ccccc1. The van der Waals surface area contributed by atoms with E-state index in [0.717, 1.165) is 17.1 Å². The molecule has 8 heteroatoms. The Morgan fingerprint density at radius 2 is 1.71 bits per heavy atom. The van der Waals surface area contributed by atoms with Crippen LogP contribution in [0.5, 0.6) is 5.75 Å². The van der Waals surface area contributed by atoms with Crippen LogP contribution in [0.4, 0.5) is 5.82 Å². The van der Waals surface area contributed by atoms with Crippen molar-refractivity contribution in [2.45, 2.75) is 26.2 Å². The zero-order chi connectivity index (χ0) is 24.7. The number of carbonyl (C=O) groups is 2. The number of hydrogen-bond donors (Lipinski definition) is 1. The van der Waals surface area contributed by atoms with Gasteiger partial charge in [0.25, 0.3) is 5.91 Å². The number of amides is 2. The first-order chi connectivity index (χ1) is 16.2. The molecule has 1 heterocycles. The Balaban J connectivity index is 1.85. The van der Waals surface area contributed by atoms with Crippen molar-refractivity contribution in [1.82, 2.24) is 14.7 Å². The van der Waals surface area contributed by atoms with Crippen molar-refractivity contribution in [1.29, 1.82) is 0 Å². The summed E-state index contributed by atoms with van der Waals surface area (Å²) in [5.41, 5.74) is 1.91. The van der Waals surface area contributed by atoms with Crippen LogP contribution in [-0.4, -0.2) is 60.4 Å². The fraction of sp³-hybridized carbons (Fsp3) is 0.346. The minimum Gasteiger partial charge on any atom is -0.497 e. The number of nitrogens with one attached hydrogen (secondary N) is 1. The molecule has 180 valence electrons. The molecule has 34 heavy (non-hydrogen) atoms. The number of rotatable bonds is 9. The summed E-state index contributed by atoms with van der Waals surface area (Å²) in [6, 6.07) is 18.2. The third kappa shape index (κ3) is 6.23. The van der Waals surface area contributed by atoms with Gasteiger partial charge in [-0.3, -0.25) is 9.59 Å². The van der Waals surface area contributed by atoms with Crippen molar-refractivity contribution in [3.8, 4) is 11.4 Å². The van der Waals surface area contributed by atoms with E-state index in [1.54, 1.807) is 43.2 Å². The van der Waals surface area contributed by atoms with Gasteiger partial charge in [-0.15, -0.1) is 0 Å². The van der Waals surface area contributed by atoms with Crippen molar-refractivity contribution in [2.24, 2.45) is 0 Å². The lowest BCUT2D eigenvalue weighted by Crippen LogP contribution is -2.40. The van der Waals surface area contributed by atoms with Gasteiger partial charge in [-0.05, 0) is 36.4 Å². The molecule has 3 rings (SSSR count). The van der Waals surface area contributed by atoms with Crippen LogP contribution < -0.4 is 10.1 Å². The Labute approximate surface area is 200 Å². The Morgan fingerprint density at radius 3 is 2.29 bits per heavy atom. The van der Waals surface area contributed by atoms with Crippen LogP contribution in [0.25, 0.3) is 5.69 Å². The first-order valence-corrected chi connectivity index (χ1v) is 11.1. The quantitative estimate of drug-likeness (QED) is 0.519. The van der Waals surface area contributed by atoms with E-state index in [4.69, 9.17) is 14.6 Å². The lowest BCUT2D eigenvalue weighted by Gasteiger charge is -2.22. The second-order valence-corrected chi connectivity index (χ2v) is 8.91. The van der Waals surface area contributed by atoms with Gasteiger partial charge in [-0.25, -0.2) is 4.68 Å². The molecule has 0 fully saturated rings. The number of anilines is 1. The van der Waals surface area contributed by atoms with E-state index >= 15 is 0 Å². The second-order valence-electron chi connectivity index (χ2n) is 8.91. The zero-order valence-electron chi connectivity index (χ0n) is 20.4. The Bertz CT molecular complexity index is 1100. The van der Waals surface area contributed by atoms with Gasteiger partial charge < -0.3 is 19.7 Å². The molecule has 0 aliphatic carbocycles. The smallest absolute Gasteiger partial charge is 0.254 e. The topological polar surface area (TPSA) is 85.7 Å². The van der Waals surface area contributed by atoms with E-state index in [1.807, 2.05) is 36.4 Å². The van der Waals surface area contributed by atoms with Crippen LogP contribution in [0, 0.1) is 0 Å². The highest BCUT2D eigenvalue weighted by atomic mass is 16.5. The summed E-state index contributed by atoms with van der Waals surface area (Å²) in [7, 11) is 3.17. The Morgan fingerprint density at radius 1 is 1.03 bits per heavy atom. The predicted octanol–water partition coefficient (Wildman–Crippen LogP) is 3.91. The summed E-state index contributed by atoms with van der Waals surface area (Å²) in [5.74, 6) is 0.701. The van der Waals surface area contributed by atoms with Crippen molar-refractivity contribution < 1.29 is 19.1 Å². The number of aromatic nitrogens is 2. The van der Waals surface area contributed by atoms with Crippen LogP contribution in [-0.2, 0) is 14.9 Å². The average Bonchev–Trinajstić information content (AvgIpc) is 3.26. The lowest BCUT2D eigenvalue weighted by atomic mass is 9.92. The molecule has 0 aliphatic rings. The number of nitrogens with zero attached hydrogens (tertiary/aromatic N) is 3. The van der Waals surface area contributed by atoms with E-state index in [0.29, 0.717) is 24.5 Å². The molecular weight excluding hydrogens is 432 g/mol. The monoisotopic (exact) mass is 464 g/mol. The molecule has 2 amide bonds. The van der Waals surface area contributed by atoms with Gasteiger partial charge in [0.05, 0.1) is 25.1 Å². The summed E-state index contributed by atoms with van der Waals surface area (Å²) < 4.78 is 12.1. The minimum atomic E-state index is -0.324. The standard InChI is InChI=1S/C26H32N4O4/c1-26(2,3)22-17-23(30(28-22)20-11-13-21(34-5)14-12-20)27-24(31)18-29(15-16-33-4)25(32)19-9-7-6-8-10-19/h6-14,17H,15-16,18H2,1-5H3,(H,27,31). The molecule has 0 saturated heterocycles. The first kappa shape index (κ1) is 25.0. The zero-order valence-corrected chi connectivity index (χ0v) is 20.4. The molecule has 8 nitrogen and oxygen atoms in total. The second kappa shape index (κ2) is 11.0. The molecule has 0 bridgehead atoms. The first-order valence-electron chi connectivity index (χ1n) is 11.1. The van der Waals surface area contributed by atoms with E-state index in [1.165, 1.54) is 4.90 Å². The number of benzene rings is 2. The summed E-state index contributed by atoms with van der Waals surface area (Å²) in [6.07, 6.45) is 0. The van der Waals surface area contributed by atoms with E-state index < -0.39 is 0 Å². The average molecular weight is 465 g/mol. The van der Waals surface area contributed by atoms with Gasteiger partial charge in [0, 0.05) is 30.7 Å². The van der Waals surface area contributed by atoms with Crippen molar-refractivity contribution in [3.05, 3.63) is 71.9 Å². The molecule has 0 unspecified atom stereocenters. The van der Waals surface area contributed by atoms with Crippen LogP contribution in [0.2, 0.25) is 0 Å². The third-order valence-corrected chi connectivity index (χ3v) is 5.27. The molecule has 1 N–H and O–H groups in total. The number of carbonyl (C=O) groups excluding carboxylic acids is 2. The maximum atomic E-state index is 13.1. The summed E-state index contributed by atoms with van der Waals surface area (Å²) in [4.78, 5) is 27.5. The fourth-order valence-electron chi connectivity index (χ4n) is 3.33. The largest absolute Gasteiger partial charge is 0.497 e. The molecule has 2 aromatic carbocycles. The van der Waals surface area contributed by atoms with Gasteiger partial charge in [-0.2, -0.15) is 5.10 Å². The van der Waals surface area contributed by atoms with Crippen molar-refractivity contribution in [3.63, 3.8) is 0 Å². The van der Waals surface area contributed by atoms with Gasteiger partial charge in [0.1, 0.15) is 18.1 Å². The summed E-state index contributed by atoms with van der Waals surface area (Å²) in [6.45, 7) is 6.68. The van der Waals surface area contributed by atoms with Crippen LogP contribution in [0.1, 0.15) is 36.8 Å². The highest BCUT2D eigenvalue weighted by Gasteiger charge is 2.23. The van der Waals surface area contributed by atoms with E-state index in [9.17, 15) is 9.59 Å². The molecular formula is C26H32N4O4. The van der Waals surface area contributed by atoms with Crippen LogP contribution in [0.15, 0.2) is 60.7 Å². The van der Waals surface area contributed by atoms with Gasteiger partial charge in [0.15, 0.2) is 0 Å². The van der Waals surface area contributed by atoms with E-state index in [2.05, 4.69) is 26.1 Å². The molecule has 3 aromatic rings. The molecule has 1 aromatic heterocycles. The third-order valence-electron chi connectivity index (χ3n) is 5.27. The Kier molecular flexibility index (Phi) is 8.07. The number of hydrogen-bond acceptors (Lipinski definition) is 5. The maximum absolute atomic E-state index is 13.1. The molecule has 0 radical (unpaired) electrons. The molecule has 0 saturated carbocycles. The summed E-state index contributed by atoms with van der Waals surface area (Å²) in [5, 5.41) is 7.67. The fourth-order valence-corrected chi connectivity index (χ4v) is 3.33. The Hall–Kier alpha value is -3.65. The van der Waals surface area contributed by atoms with Crippen molar-refractivity contribution >= 4 is 17.6 Å². The summed E-state index contributed by atoms with van der Waals surface area (Å²) >= 11 is 0. The number of methoxy groups -OCH3 is 2. The van der Waals surface area contributed by atoms with E-state index in [-0.39, 0.29) is 23.8 Å². The number of ether oxygens (including phenoxy) is 2. The highest BCUT2D eigenvalue weighted by molar-refractivity contribution is 5.99. The molecule has 0 spiro atoms. The van der Waals surface area contributed by atoms with Gasteiger partial charge in [0.2, 0.25) is 5.91 Å². The lowest BCUT2D eigenvalue weighted by molar-refractivity contribution is -0.117. The van der Waals surface area contributed by atoms with Crippen molar-refractivity contribution in [2.75, 3.05) is 39.2 Å². The minimum absolute atomic E-state index is 0.115. The normalized spacial score (nSPS) is 11.2. The van der Waals surface area contributed by atoms with Gasteiger partial charge in [-0.1, -0.05) is 39.0 Å². The molecule has 0 aliphatic heterocycles. The van der Waals surface area contributed by atoms with Gasteiger partial charge >= 0.3 is 0 Å².